The van der Waals surface area contributed by atoms with Gasteiger partial charge in [0.1, 0.15) is 18.2 Å². The number of hydrogen-bond donors (Lipinski definition) is 1. The fraction of sp³-hybridized carbons (Fsp3) is 0.267. The highest BCUT2D eigenvalue weighted by Gasteiger charge is 2.11. The third-order valence-corrected chi connectivity index (χ3v) is 3.09. The lowest BCUT2D eigenvalue weighted by molar-refractivity contribution is 0.296. The fourth-order valence-electron chi connectivity index (χ4n) is 2.10. The number of aromatic nitrogens is 4. The molecule has 0 unspecified atom stereocenters. The van der Waals surface area contributed by atoms with Gasteiger partial charge in [0.05, 0.1) is 11.6 Å². The zero-order chi connectivity index (χ0) is 14.7. The Kier molecular flexibility index (Phi) is 3.68. The minimum absolute atomic E-state index is 0.323. The SMILES string of the molecule is CCNc1nc(COc2ccccc2)nc2c1cnn2C. The van der Waals surface area contributed by atoms with E-state index in [9.17, 15) is 0 Å². The van der Waals surface area contributed by atoms with Gasteiger partial charge < -0.3 is 10.1 Å². The van der Waals surface area contributed by atoms with Crippen LogP contribution >= 0.6 is 0 Å². The normalized spacial score (nSPS) is 10.8. The van der Waals surface area contributed by atoms with E-state index in [1.54, 1.807) is 10.9 Å². The third-order valence-electron chi connectivity index (χ3n) is 3.09. The van der Waals surface area contributed by atoms with Crippen LogP contribution in [-0.4, -0.2) is 26.3 Å². The van der Waals surface area contributed by atoms with Crippen LogP contribution in [0.5, 0.6) is 5.75 Å². The monoisotopic (exact) mass is 283 g/mol. The second-order valence-electron chi connectivity index (χ2n) is 4.63. The highest BCUT2D eigenvalue weighted by atomic mass is 16.5. The van der Waals surface area contributed by atoms with Gasteiger partial charge in [-0.05, 0) is 19.1 Å². The van der Waals surface area contributed by atoms with Gasteiger partial charge in [0.2, 0.25) is 0 Å². The molecule has 0 amide bonds. The molecule has 0 spiro atoms. The average Bonchev–Trinajstić information content (AvgIpc) is 2.88. The van der Waals surface area contributed by atoms with E-state index >= 15 is 0 Å². The van der Waals surface area contributed by atoms with E-state index in [0.29, 0.717) is 12.4 Å². The molecule has 2 aromatic heterocycles. The van der Waals surface area contributed by atoms with Gasteiger partial charge >= 0.3 is 0 Å². The largest absolute Gasteiger partial charge is 0.486 e. The van der Waals surface area contributed by atoms with Crippen molar-refractivity contribution in [1.82, 2.24) is 19.7 Å². The first-order valence-electron chi connectivity index (χ1n) is 6.88. The van der Waals surface area contributed by atoms with Crippen molar-refractivity contribution in [3.8, 4) is 5.75 Å². The van der Waals surface area contributed by atoms with Gasteiger partial charge in [-0.3, -0.25) is 4.68 Å². The molecule has 0 saturated carbocycles. The molecule has 0 aliphatic rings. The number of rotatable bonds is 5. The maximum atomic E-state index is 5.71. The van der Waals surface area contributed by atoms with Crippen LogP contribution in [0.1, 0.15) is 12.7 Å². The Morgan fingerprint density at radius 2 is 2.00 bits per heavy atom. The van der Waals surface area contributed by atoms with Crippen molar-refractivity contribution in [3.05, 3.63) is 42.4 Å². The van der Waals surface area contributed by atoms with Gasteiger partial charge in [-0.1, -0.05) is 18.2 Å². The Hall–Kier alpha value is -2.63. The zero-order valence-electron chi connectivity index (χ0n) is 12.1. The number of hydrogen-bond acceptors (Lipinski definition) is 5. The first kappa shape index (κ1) is 13.4. The summed E-state index contributed by atoms with van der Waals surface area (Å²) in [6.45, 7) is 3.15. The van der Waals surface area contributed by atoms with Crippen LogP contribution in [0.4, 0.5) is 5.82 Å². The van der Waals surface area contributed by atoms with Crippen molar-refractivity contribution in [3.63, 3.8) is 0 Å². The van der Waals surface area contributed by atoms with E-state index in [1.165, 1.54) is 0 Å². The lowest BCUT2D eigenvalue weighted by Crippen LogP contribution is -2.08. The van der Waals surface area contributed by atoms with Crippen molar-refractivity contribution in [1.29, 1.82) is 0 Å². The van der Waals surface area contributed by atoms with E-state index in [1.807, 2.05) is 44.3 Å². The molecule has 2 heterocycles. The molecule has 1 N–H and O–H groups in total. The zero-order valence-corrected chi connectivity index (χ0v) is 12.1. The first-order chi connectivity index (χ1) is 10.3. The summed E-state index contributed by atoms with van der Waals surface area (Å²) in [5.74, 6) is 2.23. The van der Waals surface area contributed by atoms with E-state index in [0.717, 1.165) is 29.1 Å². The number of benzene rings is 1. The molecule has 0 aliphatic carbocycles. The minimum atomic E-state index is 0.323. The molecule has 108 valence electrons. The molecule has 6 heteroatoms. The molecule has 0 fully saturated rings. The van der Waals surface area contributed by atoms with Crippen LogP contribution in [-0.2, 0) is 13.7 Å². The number of aryl methyl sites for hydroxylation is 1. The standard InChI is InChI=1S/C15H17N5O/c1-3-16-14-12-9-17-20(2)15(12)19-13(18-14)10-21-11-7-5-4-6-8-11/h4-9H,3,10H2,1-2H3,(H,16,18,19). The van der Waals surface area contributed by atoms with E-state index in [2.05, 4.69) is 20.4 Å². The second kappa shape index (κ2) is 5.78. The molecular formula is C15H17N5O. The fourth-order valence-corrected chi connectivity index (χ4v) is 2.10. The van der Waals surface area contributed by atoms with Crippen LogP contribution in [0.2, 0.25) is 0 Å². The summed E-state index contributed by atoms with van der Waals surface area (Å²) in [6.07, 6.45) is 1.77. The molecule has 0 atom stereocenters. The summed E-state index contributed by atoms with van der Waals surface area (Å²) in [6, 6.07) is 9.64. The smallest absolute Gasteiger partial charge is 0.170 e. The number of para-hydroxylation sites is 1. The molecule has 6 nitrogen and oxygen atoms in total. The summed E-state index contributed by atoms with van der Waals surface area (Å²) in [5, 5.41) is 8.39. The quantitative estimate of drug-likeness (QED) is 0.778. The Morgan fingerprint density at radius 3 is 2.76 bits per heavy atom. The summed E-state index contributed by atoms with van der Waals surface area (Å²) >= 11 is 0. The summed E-state index contributed by atoms with van der Waals surface area (Å²) in [5.41, 5.74) is 0.799. The molecule has 0 radical (unpaired) electrons. The number of anilines is 1. The predicted molar refractivity (Wildman–Crippen MR) is 81.2 cm³/mol. The molecule has 0 aliphatic heterocycles. The number of fused-ring (bicyclic) bond motifs is 1. The Balaban J connectivity index is 1.89. The maximum absolute atomic E-state index is 5.71. The highest BCUT2D eigenvalue weighted by Crippen LogP contribution is 2.20. The van der Waals surface area contributed by atoms with Crippen molar-refractivity contribution >= 4 is 16.9 Å². The Bertz CT molecular complexity index is 738. The molecule has 0 bridgehead atoms. The summed E-state index contributed by atoms with van der Waals surface area (Å²) < 4.78 is 7.45. The van der Waals surface area contributed by atoms with Gasteiger partial charge in [0.25, 0.3) is 0 Å². The van der Waals surface area contributed by atoms with E-state index < -0.39 is 0 Å². The molecular weight excluding hydrogens is 266 g/mol. The first-order valence-corrected chi connectivity index (χ1v) is 6.88. The van der Waals surface area contributed by atoms with Gasteiger partial charge in [0.15, 0.2) is 11.5 Å². The Morgan fingerprint density at radius 1 is 1.19 bits per heavy atom. The number of nitrogens with zero attached hydrogens (tertiary/aromatic N) is 4. The molecule has 0 saturated heterocycles. The lowest BCUT2D eigenvalue weighted by atomic mass is 10.3. The van der Waals surface area contributed by atoms with Crippen molar-refractivity contribution < 1.29 is 4.74 Å². The summed E-state index contributed by atoms with van der Waals surface area (Å²) in [7, 11) is 1.87. The van der Waals surface area contributed by atoms with Gasteiger partial charge in [-0.2, -0.15) is 5.10 Å². The number of nitrogens with one attached hydrogen (secondary N) is 1. The lowest BCUT2D eigenvalue weighted by Gasteiger charge is -2.08. The van der Waals surface area contributed by atoms with Crippen molar-refractivity contribution in [2.24, 2.45) is 7.05 Å². The van der Waals surface area contributed by atoms with E-state index in [4.69, 9.17) is 4.74 Å². The van der Waals surface area contributed by atoms with Gasteiger partial charge in [-0.25, -0.2) is 9.97 Å². The van der Waals surface area contributed by atoms with Crippen LogP contribution < -0.4 is 10.1 Å². The van der Waals surface area contributed by atoms with Crippen LogP contribution in [0.25, 0.3) is 11.0 Å². The van der Waals surface area contributed by atoms with Crippen LogP contribution in [0, 0.1) is 0 Å². The minimum Gasteiger partial charge on any atom is -0.486 e. The Labute approximate surface area is 122 Å². The van der Waals surface area contributed by atoms with E-state index in [-0.39, 0.29) is 0 Å². The number of ether oxygens (including phenoxy) is 1. The van der Waals surface area contributed by atoms with Gasteiger partial charge in [-0.15, -0.1) is 0 Å². The van der Waals surface area contributed by atoms with Crippen LogP contribution in [0.15, 0.2) is 36.5 Å². The second-order valence-corrected chi connectivity index (χ2v) is 4.63. The van der Waals surface area contributed by atoms with Gasteiger partial charge in [0, 0.05) is 13.6 Å². The van der Waals surface area contributed by atoms with Crippen LogP contribution in [0.3, 0.4) is 0 Å². The topological polar surface area (TPSA) is 64.9 Å². The molecule has 1 aromatic carbocycles. The predicted octanol–water partition coefficient (Wildman–Crippen LogP) is 2.37. The molecule has 3 aromatic rings. The maximum Gasteiger partial charge on any atom is 0.170 e. The summed E-state index contributed by atoms with van der Waals surface area (Å²) in [4.78, 5) is 9.04. The highest BCUT2D eigenvalue weighted by molar-refractivity contribution is 5.86. The average molecular weight is 283 g/mol. The molecule has 3 rings (SSSR count). The van der Waals surface area contributed by atoms with Crippen molar-refractivity contribution in [2.45, 2.75) is 13.5 Å². The van der Waals surface area contributed by atoms with Crippen molar-refractivity contribution in [2.75, 3.05) is 11.9 Å². The third kappa shape index (κ3) is 2.79. The molecule has 21 heavy (non-hydrogen) atoms.